The van der Waals surface area contributed by atoms with Crippen LogP contribution >= 0.6 is 0 Å². The Kier molecular flexibility index (Phi) is 4.84. The van der Waals surface area contributed by atoms with E-state index in [-0.39, 0.29) is 6.10 Å². The van der Waals surface area contributed by atoms with Gasteiger partial charge in [-0.1, -0.05) is 19.6 Å². The standard InChI is InChI=1S/C12H18N2O/c1-4-10(3)15-12-7-6-11(14-9-12)8-13-5-2/h4,6-7,9-10,13H,1,5,8H2,2-3H3. The van der Waals surface area contributed by atoms with E-state index in [0.29, 0.717) is 0 Å². The molecule has 0 amide bonds. The maximum absolute atomic E-state index is 5.52. The van der Waals surface area contributed by atoms with E-state index in [1.54, 1.807) is 12.3 Å². The van der Waals surface area contributed by atoms with Crippen LogP contribution in [0, 0.1) is 0 Å². The Morgan fingerprint density at radius 3 is 2.93 bits per heavy atom. The zero-order chi connectivity index (χ0) is 11.1. The highest BCUT2D eigenvalue weighted by atomic mass is 16.5. The van der Waals surface area contributed by atoms with Gasteiger partial charge in [-0.05, 0) is 25.6 Å². The molecule has 1 aromatic heterocycles. The van der Waals surface area contributed by atoms with Crippen molar-refractivity contribution in [3.63, 3.8) is 0 Å². The first-order valence-electron chi connectivity index (χ1n) is 5.21. The van der Waals surface area contributed by atoms with Crippen molar-refractivity contribution in [3.05, 3.63) is 36.7 Å². The summed E-state index contributed by atoms with van der Waals surface area (Å²) in [5.41, 5.74) is 1.02. The van der Waals surface area contributed by atoms with Crippen LogP contribution < -0.4 is 10.1 Å². The summed E-state index contributed by atoms with van der Waals surface area (Å²) >= 11 is 0. The average Bonchev–Trinajstić information content (AvgIpc) is 2.28. The Bertz CT molecular complexity index is 295. The van der Waals surface area contributed by atoms with Crippen molar-refractivity contribution in [3.8, 4) is 5.75 Å². The Hall–Kier alpha value is -1.35. The Labute approximate surface area is 91.2 Å². The molecule has 0 aliphatic carbocycles. The van der Waals surface area contributed by atoms with E-state index in [1.165, 1.54) is 0 Å². The van der Waals surface area contributed by atoms with E-state index in [1.807, 2.05) is 19.1 Å². The second-order valence-electron chi connectivity index (χ2n) is 3.32. The van der Waals surface area contributed by atoms with E-state index in [9.17, 15) is 0 Å². The van der Waals surface area contributed by atoms with Crippen molar-refractivity contribution in [1.29, 1.82) is 0 Å². The topological polar surface area (TPSA) is 34.1 Å². The molecular formula is C12H18N2O. The molecule has 0 aliphatic rings. The number of ether oxygens (including phenoxy) is 1. The molecule has 0 bridgehead atoms. The SMILES string of the molecule is C=CC(C)Oc1ccc(CNCC)nc1. The number of rotatable bonds is 6. The molecule has 1 atom stereocenters. The lowest BCUT2D eigenvalue weighted by atomic mass is 10.3. The zero-order valence-electron chi connectivity index (χ0n) is 9.36. The van der Waals surface area contributed by atoms with E-state index < -0.39 is 0 Å². The molecule has 15 heavy (non-hydrogen) atoms. The minimum absolute atomic E-state index is 0.0198. The molecule has 1 N–H and O–H groups in total. The minimum Gasteiger partial charge on any atom is -0.485 e. The van der Waals surface area contributed by atoms with Gasteiger partial charge in [-0.15, -0.1) is 0 Å². The van der Waals surface area contributed by atoms with Crippen molar-refractivity contribution in [2.24, 2.45) is 0 Å². The molecule has 3 heteroatoms. The normalized spacial score (nSPS) is 12.1. The van der Waals surface area contributed by atoms with Gasteiger partial charge < -0.3 is 10.1 Å². The number of aromatic nitrogens is 1. The van der Waals surface area contributed by atoms with Crippen LogP contribution in [0.15, 0.2) is 31.0 Å². The smallest absolute Gasteiger partial charge is 0.138 e. The first-order chi connectivity index (χ1) is 7.26. The van der Waals surface area contributed by atoms with Gasteiger partial charge in [0.25, 0.3) is 0 Å². The summed E-state index contributed by atoms with van der Waals surface area (Å²) in [5, 5.41) is 3.22. The molecule has 0 spiro atoms. The van der Waals surface area contributed by atoms with Crippen LogP contribution in [0.1, 0.15) is 19.5 Å². The quantitative estimate of drug-likeness (QED) is 0.724. The summed E-state index contributed by atoms with van der Waals surface area (Å²) in [6.45, 7) is 9.43. The molecule has 1 heterocycles. The Balaban J connectivity index is 2.52. The van der Waals surface area contributed by atoms with Crippen molar-refractivity contribution in [2.75, 3.05) is 6.54 Å². The van der Waals surface area contributed by atoms with Gasteiger partial charge in [-0.2, -0.15) is 0 Å². The van der Waals surface area contributed by atoms with Gasteiger partial charge in [0.05, 0.1) is 11.9 Å². The summed E-state index contributed by atoms with van der Waals surface area (Å²) in [5.74, 6) is 0.780. The third-order valence-corrected chi connectivity index (χ3v) is 2.01. The molecule has 0 saturated heterocycles. The van der Waals surface area contributed by atoms with Crippen LogP contribution in [0.4, 0.5) is 0 Å². The highest BCUT2D eigenvalue weighted by molar-refractivity contribution is 5.20. The number of hydrogen-bond acceptors (Lipinski definition) is 3. The molecular weight excluding hydrogens is 188 g/mol. The van der Waals surface area contributed by atoms with Crippen LogP contribution in [0.25, 0.3) is 0 Å². The molecule has 0 radical (unpaired) electrons. The molecule has 1 rings (SSSR count). The second kappa shape index (κ2) is 6.19. The molecule has 0 saturated carbocycles. The van der Waals surface area contributed by atoms with Gasteiger partial charge in [0, 0.05) is 6.54 Å². The molecule has 82 valence electrons. The fraction of sp³-hybridized carbons (Fsp3) is 0.417. The number of nitrogens with zero attached hydrogens (tertiary/aromatic N) is 1. The van der Waals surface area contributed by atoms with Gasteiger partial charge in [-0.25, -0.2) is 0 Å². The first kappa shape index (κ1) is 11.7. The van der Waals surface area contributed by atoms with Crippen LogP contribution in [-0.4, -0.2) is 17.6 Å². The molecule has 3 nitrogen and oxygen atoms in total. The number of pyridine rings is 1. The van der Waals surface area contributed by atoms with Gasteiger partial charge >= 0.3 is 0 Å². The van der Waals surface area contributed by atoms with Crippen molar-refractivity contribution < 1.29 is 4.74 Å². The van der Waals surface area contributed by atoms with E-state index in [0.717, 1.165) is 24.5 Å². The van der Waals surface area contributed by atoms with Crippen LogP contribution in [0.3, 0.4) is 0 Å². The Morgan fingerprint density at radius 2 is 2.40 bits per heavy atom. The monoisotopic (exact) mass is 206 g/mol. The predicted octanol–water partition coefficient (Wildman–Crippen LogP) is 2.14. The average molecular weight is 206 g/mol. The van der Waals surface area contributed by atoms with Crippen molar-refractivity contribution in [1.82, 2.24) is 10.3 Å². The second-order valence-corrected chi connectivity index (χ2v) is 3.32. The third kappa shape index (κ3) is 4.13. The zero-order valence-corrected chi connectivity index (χ0v) is 9.36. The van der Waals surface area contributed by atoms with Crippen LogP contribution in [0.2, 0.25) is 0 Å². The van der Waals surface area contributed by atoms with Gasteiger partial charge in [-0.3, -0.25) is 4.98 Å². The maximum Gasteiger partial charge on any atom is 0.138 e. The summed E-state index contributed by atoms with van der Waals surface area (Å²) < 4.78 is 5.52. The molecule has 1 aromatic rings. The summed E-state index contributed by atoms with van der Waals surface area (Å²) in [7, 11) is 0. The molecule has 1 unspecified atom stereocenters. The lowest BCUT2D eigenvalue weighted by Crippen LogP contribution is -2.13. The van der Waals surface area contributed by atoms with E-state index >= 15 is 0 Å². The summed E-state index contributed by atoms with van der Waals surface area (Å²) in [6.07, 6.45) is 3.52. The van der Waals surface area contributed by atoms with Gasteiger partial charge in [0.1, 0.15) is 11.9 Å². The van der Waals surface area contributed by atoms with Crippen molar-refractivity contribution in [2.45, 2.75) is 26.5 Å². The predicted molar refractivity (Wildman–Crippen MR) is 61.9 cm³/mol. The molecule has 0 aliphatic heterocycles. The summed E-state index contributed by atoms with van der Waals surface area (Å²) in [6, 6.07) is 3.90. The highest BCUT2D eigenvalue weighted by Gasteiger charge is 1.99. The number of nitrogens with one attached hydrogen (secondary N) is 1. The maximum atomic E-state index is 5.52. The van der Waals surface area contributed by atoms with Crippen LogP contribution in [-0.2, 0) is 6.54 Å². The fourth-order valence-corrected chi connectivity index (χ4v) is 1.10. The first-order valence-corrected chi connectivity index (χ1v) is 5.21. The third-order valence-electron chi connectivity index (χ3n) is 2.01. The van der Waals surface area contributed by atoms with Crippen molar-refractivity contribution >= 4 is 0 Å². The number of hydrogen-bond donors (Lipinski definition) is 1. The largest absolute Gasteiger partial charge is 0.485 e. The lowest BCUT2D eigenvalue weighted by Gasteiger charge is -2.10. The Morgan fingerprint density at radius 1 is 1.60 bits per heavy atom. The van der Waals surface area contributed by atoms with Gasteiger partial charge in [0.15, 0.2) is 0 Å². The summed E-state index contributed by atoms with van der Waals surface area (Å²) in [4.78, 5) is 4.28. The fourth-order valence-electron chi connectivity index (χ4n) is 1.10. The van der Waals surface area contributed by atoms with E-state index in [2.05, 4.69) is 23.8 Å². The van der Waals surface area contributed by atoms with Gasteiger partial charge in [0.2, 0.25) is 0 Å². The lowest BCUT2D eigenvalue weighted by molar-refractivity contribution is 0.269. The molecule has 0 aromatic carbocycles. The van der Waals surface area contributed by atoms with E-state index in [4.69, 9.17) is 4.74 Å². The van der Waals surface area contributed by atoms with Crippen LogP contribution in [0.5, 0.6) is 5.75 Å². The minimum atomic E-state index is 0.0198. The molecule has 0 fully saturated rings. The highest BCUT2D eigenvalue weighted by Crippen LogP contribution is 2.11.